The second kappa shape index (κ2) is 9.82. The summed E-state index contributed by atoms with van der Waals surface area (Å²) in [5.74, 6) is 0.555. The lowest BCUT2D eigenvalue weighted by Gasteiger charge is -2.22. The highest BCUT2D eigenvalue weighted by Crippen LogP contribution is 2.38. The summed E-state index contributed by atoms with van der Waals surface area (Å²) in [5.41, 5.74) is 3.35. The Bertz CT molecular complexity index is 1280. The molecule has 5 N–H and O–H groups in total. The molecule has 1 saturated carbocycles. The van der Waals surface area contributed by atoms with E-state index in [9.17, 15) is 15.3 Å². The molecule has 182 valence electrons. The van der Waals surface area contributed by atoms with Crippen molar-refractivity contribution in [1.29, 1.82) is 0 Å². The van der Waals surface area contributed by atoms with E-state index in [0.717, 1.165) is 32.0 Å². The zero-order valence-corrected chi connectivity index (χ0v) is 20.3. The van der Waals surface area contributed by atoms with Crippen LogP contribution in [-0.2, 0) is 0 Å². The number of benzene rings is 1. The van der Waals surface area contributed by atoms with Crippen LogP contribution in [0.15, 0.2) is 48.8 Å². The molecule has 0 bridgehead atoms. The van der Waals surface area contributed by atoms with Gasteiger partial charge in [-0.1, -0.05) is 30.3 Å². The van der Waals surface area contributed by atoms with Crippen LogP contribution in [0.1, 0.15) is 30.6 Å². The number of aromatic nitrogens is 4. The number of anilines is 2. The molecule has 0 unspecified atom stereocenters. The van der Waals surface area contributed by atoms with Gasteiger partial charge in [0.1, 0.15) is 22.4 Å². The summed E-state index contributed by atoms with van der Waals surface area (Å²) in [6.07, 6.45) is 1.83. The topological polar surface area (TPSA) is 136 Å². The average Bonchev–Trinajstić information content (AvgIpc) is 3.40. The highest BCUT2D eigenvalue weighted by molar-refractivity contribution is 7.21. The Morgan fingerprint density at radius 2 is 1.89 bits per heavy atom. The second-order valence-electron chi connectivity index (χ2n) is 8.91. The molecule has 0 aliphatic heterocycles. The molecule has 3 heterocycles. The maximum Gasteiger partial charge on any atom is 0.225 e. The van der Waals surface area contributed by atoms with Crippen LogP contribution in [0.25, 0.3) is 20.8 Å². The van der Waals surface area contributed by atoms with Crippen molar-refractivity contribution in [3.8, 4) is 10.6 Å². The van der Waals surface area contributed by atoms with Crippen molar-refractivity contribution in [3.05, 3.63) is 60.0 Å². The molecule has 5 atom stereocenters. The smallest absolute Gasteiger partial charge is 0.225 e. The van der Waals surface area contributed by atoms with Gasteiger partial charge in [0, 0.05) is 18.7 Å². The Balaban J connectivity index is 1.54. The van der Waals surface area contributed by atoms with Gasteiger partial charge < -0.3 is 26.0 Å². The van der Waals surface area contributed by atoms with Crippen molar-refractivity contribution in [2.24, 2.45) is 5.92 Å². The van der Waals surface area contributed by atoms with Gasteiger partial charge in [-0.15, -0.1) is 11.3 Å². The molecular weight excluding hydrogens is 464 g/mol. The van der Waals surface area contributed by atoms with Crippen LogP contribution in [0, 0.1) is 12.8 Å². The molecule has 1 aliphatic rings. The number of nitrogens with one attached hydrogen (secondary N) is 2. The molecule has 0 amide bonds. The number of hydrogen-bond acceptors (Lipinski definition) is 10. The first-order chi connectivity index (χ1) is 16.9. The van der Waals surface area contributed by atoms with Gasteiger partial charge in [-0.2, -0.15) is 4.98 Å². The fourth-order valence-corrected chi connectivity index (χ4v) is 5.56. The minimum Gasteiger partial charge on any atom is -0.396 e. The number of nitrogens with zero attached hydrogens (tertiary/aromatic N) is 4. The van der Waals surface area contributed by atoms with E-state index in [1.165, 1.54) is 11.3 Å². The van der Waals surface area contributed by atoms with E-state index in [1.54, 1.807) is 12.4 Å². The summed E-state index contributed by atoms with van der Waals surface area (Å²) in [7, 11) is 0. The first-order valence-electron chi connectivity index (χ1n) is 11.6. The van der Waals surface area contributed by atoms with Crippen molar-refractivity contribution in [1.82, 2.24) is 19.9 Å². The zero-order valence-electron chi connectivity index (χ0n) is 19.5. The first-order valence-corrected chi connectivity index (χ1v) is 12.4. The van der Waals surface area contributed by atoms with E-state index >= 15 is 0 Å². The fraction of sp³-hybridized carbons (Fsp3) is 0.360. The molecular formula is C25H28N6O3S. The van der Waals surface area contributed by atoms with Crippen molar-refractivity contribution < 1.29 is 15.3 Å². The largest absolute Gasteiger partial charge is 0.396 e. The van der Waals surface area contributed by atoms with E-state index < -0.39 is 24.2 Å². The molecule has 1 aliphatic carbocycles. The molecule has 0 saturated heterocycles. The molecule has 5 rings (SSSR count). The lowest BCUT2D eigenvalue weighted by Crippen LogP contribution is -2.35. The van der Waals surface area contributed by atoms with Crippen molar-refractivity contribution in [2.45, 2.75) is 44.6 Å². The minimum absolute atomic E-state index is 0.0273. The van der Waals surface area contributed by atoms with Crippen molar-refractivity contribution in [3.63, 3.8) is 0 Å². The predicted molar refractivity (Wildman–Crippen MR) is 136 cm³/mol. The third-order valence-corrected chi connectivity index (χ3v) is 7.55. The second-order valence-corrected chi connectivity index (χ2v) is 9.94. The van der Waals surface area contributed by atoms with Gasteiger partial charge in [-0.25, -0.2) is 9.97 Å². The maximum atomic E-state index is 10.6. The van der Waals surface area contributed by atoms with Gasteiger partial charge in [0.05, 0.1) is 40.3 Å². The molecule has 1 aromatic carbocycles. The van der Waals surface area contributed by atoms with Gasteiger partial charge in [0.2, 0.25) is 5.95 Å². The molecule has 1 fully saturated rings. The standard InChI is InChI=1S/C25H28N6O3S/c1-13(15-6-4-3-5-7-15)27-25-28-14(2)20(24-30-18-11-26-9-8-19(18)35-24)23(31-25)29-17-10-16(12-32)21(33)22(17)34/h3-9,11,13,16-17,21-22,32-34H,10,12H2,1-2H3,(H2,27,28,29,31)/t13-,16+,17+,21+,22-/m0/s1. The number of aryl methyl sites for hydroxylation is 1. The van der Waals surface area contributed by atoms with Crippen LogP contribution in [0.3, 0.4) is 0 Å². The van der Waals surface area contributed by atoms with Crippen LogP contribution in [0.2, 0.25) is 0 Å². The summed E-state index contributed by atoms with van der Waals surface area (Å²) in [5, 5.41) is 38.0. The highest BCUT2D eigenvalue weighted by Gasteiger charge is 2.41. The number of pyridine rings is 1. The summed E-state index contributed by atoms with van der Waals surface area (Å²) >= 11 is 1.52. The van der Waals surface area contributed by atoms with Gasteiger partial charge in [-0.05, 0) is 31.9 Å². The lowest BCUT2D eigenvalue weighted by atomic mass is 10.1. The third-order valence-electron chi connectivity index (χ3n) is 6.50. The number of aliphatic hydroxyl groups is 3. The molecule has 9 nitrogen and oxygen atoms in total. The average molecular weight is 493 g/mol. The Kier molecular flexibility index (Phi) is 6.61. The normalized spacial score (nSPS) is 22.9. The molecule has 4 aromatic rings. The van der Waals surface area contributed by atoms with Gasteiger partial charge in [0.15, 0.2) is 0 Å². The van der Waals surface area contributed by atoms with Crippen LogP contribution < -0.4 is 10.6 Å². The number of rotatable bonds is 7. The Labute approximate surface area is 207 Å². The lowest BCUT2D eigenvalue weighted by molar-refractivity contribution is 0.00446. The quantitative estimate of drug-likeness (QED) is 0.263. The summed E-state index contributed by atoms with van der Waals surface area (Å²) in [6.45, 7) is 3.75. The maximum absolute atomic E-state index is 10.6. The summed E-state index contributed by atoms with van der Waals surface area (Å²) in [6, 6.07) is 11.4. The van der Waals surface area contributed by atoms with Crippen molar-refractivity contribution >= 4 is 33.3 Å². The van der Waals surface area contributed by atoms with E-state index in [1.807, 2.05) is 50.2 Å². The molecule has 10 heteroatoms. The van der Waals surface area contributed by atoms with Gasteiger partial charge >= 0.3 is 0 Å². The summed E-state index contributed by atoms with van der Waals surface area (Å²) in [4.78, 5) is 18.4. The highest BCUT2D eigenvalue weighted by atomic mass is 32.1. The molecule has 3 aromatic heterocycles. The Morgan fingerprint density at radius 3 is 2.60 bits per heavy atom. The van der Waals surface area contributed by atoms with Crippen LogP contribution in [0.4, 0.5) is 11.8 Å². The molecule has 0 spiro atoms. The number of hydrogen-bond donors (Lipinski definition) is 5. The predicted octanol–water partition coefficient (Wildman–Crippen LogP) is 3.14. The van der Waals surface area contributed by atoms with Crippen LogP contribution in [0.5, 0.6) is 0 Å². The number of thiazole rings is 1. The monoisotopic (exact) mass is 492 g/mol. The number of fused-ring (bicyclic) bond motifs is 1. The van der Waals surface area contributed by atoms with E-state index in [2.05, 4.69) is 15.6 Å². The van der Waals surface area contributed by atoms with Crippen LogP contribution >= 0.6 is 11.3 Å². The first kappa shape index (κ1) is 23.6. The Morgan fingerprint density at radius 1 is 1.09 bits per heavy atom. The number of aliphatic hydroxyl groups excluding tert-OH is 3. The molecule has 35 heavy (non-hydrogen) atoms. The summed E-state index contributed by atoms with van der Waals surface area (Å²) < 4.78 is 0.997. The third kappa shape index (κ3) is 4.70. The van der Waals surface area contributed by atoms with Gasteiger partial charge in [0.25, 0.3) is 0 Å². The SMILES string of the molecule is Cc1nc(N[C@@H](C)c2ccccc2)nc(N[C@@H]2C[C@H](CO)[C@@H](O)[C@H]2O)c1-c1nc2cnccc2s1. The Hall–Kier alpha value is -3.18. The van der Waals surface area contributed by atoms with Crippen LogP contribution in [-0.4, -0.2) is 60.1 Å². The molecule has 0 radical (unpaired) electrons. The van der Waals surface area contributed by atoms with Gasteiger partial charge in [-0.3, -0.25) is 4.98 Å². The van der Waals surface area contributed by atoms with E-state index in [0.29, 0.717) is 18.2 Å². The van der Waals surface area contributed by atoms with E-state index in [-0.39, 0.29) is 12.6 Å². The minimum atomic E-state index is -1.03. The van der Waals surface area contributed by atoms with E-state index in [4.69, 9.17) is 15.0 Å². The zero-order chi connectivity index (χ0) is 24.5. The van der Waals surface area contributed by atoms with Crippen molar-refractivity contribution in [2.75, 3.05) is 17.2 Å². The fourth-order valence-electron chi connectivity index (χ4n) is 4.53.